The molecule has 0 radical (unpaired) electrons. The van der Waals surface area contributed by atoms with E-state index in [0.717, 1.165) is 10.0 Å². The van der Waals surface area contributed by atoms with Crippen molar-refractivity contribution in [1.82, 2.24) is 0 Å². The van der Waals surface area contributed by atoms with E-state index >= 15 is 0 Å². The smallest absolute Gasteiger partial charge is 0.335 e. The number of hydrazine groups is 1. The number of hydrogen-bond acceptors (Lipinski definition) is 5. The summed E-state index contributed by atoms with van der Waals surface area (Å²) in [6.45, 7) is 0.230. The Morgan fingerprint density at radius 2 is 2.05 bits per heavy atom. The summed E-state index contributed by atoms with van der Waals surface area (Å²) in [5.41, 5.74) is 3.23. The molecule has 0 spiro atoms. The standard InChI is InChI=1S/C13H12BrN3O3/c14-10-4-1-3-9(7-10)8-20-12-6-2-5-11(16-15)13(12)17(18)19/h1-7,16H,8,15H2. The van der Waals surface area contributed by atoms with Crippen molar-refractivity contribution >= 4 is 27.3 Å². The lowest BCUT2D eigenvalue weighted by atomic mass is 10.2. The van der Waals surface area contributed by atoms with Gasteiger partial charge in [-0.3, -0.25) is 16.0 Å². The van der Waals surface area contributed by atoms with E-state index in [4.69, 9.17) is 10.6 Å². The third-order valence-electron chi connectivity index (χ3n) is 2.62. The summed E-state index contributed by atoms with van der Waals surface area (Å²) >= 11 is 3.36. The van der Waals surface area contributed by atoms with E-state index in [1.165, 1.54) is 12.1 Å². The van der Waals surface area contributed by atoms with Crippen molar-refractivity contribution in [3.8, 4) is 5.75 Å². The van der Waals surface area contributed by atoms with Crippen LogP contribution in [0.3, 0.4) is 0 Å². The molecule has 0 saturated carbocycles. The monoisotopic (exact) mass is 337 g/mol. The van der Waals surface area contributed by atoms with Crippen LogP contribution in [0.2, 0.25) is 0 Å². The Labute approximate surface area is 123 Å². The number of para-hydroxylation sites is 1. The number of rotatable bonds is 5. The highest BCUT2D eigenvalue weighted by Gasteiger charge is 2.20. The minimum Gasteiger partial charge on any atom is -0.482 e. The van der Waals surface area contributed by atoms with Crippen LogP contribution in [-0.2, 0) is 6.61 Å². The highest BCUT2D eigenvalue weighted by atomic mass is 79.9. The van der Waals surface area contributed by atoms with Gasteiger partial charge in [0, 0.05) is 4.47 Å². The lowest BCUT2D eigenvalue weighted by Gasteiger charge is -2.09. The SMILES string of the molecule is NNc1cccc(OCc2cccc(Br)c2)c1[N+](=O)[O-]. The van der Waals surface area contributed by atoms with Gasteiger partial charge in [0.2, 0.25) is 0 Å². The van der Waals surface area contributed by atoms with Crippen LogP contribution < -0.4 is 16.0 Å². The second kappa shape index (κ2) is 6.36. The molecule has 2 aromatic carbocycles. The maximum absolute atomic E-state index is 11.1. The van der Waals surface area contributed by atoms with Gasteiger partial charge in [-0.05, 0) is 29.8 Å². The molecule has 0 aliphatic rings. The van der Waals surface area contributed by atoms with Gasteiger partial charge in [0.25, 0.3) is 0 Å². The van der Waals surface area contributed by atoms with E-state index < -0.39 is 4.92 Å². The summed E-state index contributed by atoms with van der Waals surface area (Å²) in [4.78, 5) is 10.6. The van der Waals surface area contributed by atoms with Crippen LogP contribution in [0.5, 0.6) is 5.75 Å². The fourth-order valence-corrected chi connectivity index (χ4v) is 2.18. The first-order chi connectivity index (χ1) is 9.61. The van der Waals surface area contributed by atoms with Crippen molar-refractivity contribution in [3.63, 3.8) is 0 Å². The zero-order chi connectivity index (χ0) is 14.5. The average molecular weight is 338 g/mol. The number of benzene rings is 2. The molecule has 7 heteroatoms. The lowest BCUT2D eigenvalue weighted by molar-refractivity contribution is -0.385. The largest absolute Gasteiger partial charge is 0.482 e. The Balaban J connectivity index is 2.23. The summed E-state index contributed by atoms with van der Waals surface area (Å²) in [6, 6.07) is 12.2. The van der Waals surface area contributed by atoms with Gasteiger partial charge < -0.3 is 10.2 Å². The van der Waals surface area contributed by atoms with Crippen LogP contribution in [0.4, 0.5) is 11.4 Å². The van der Waals surface area contributed by atoms with Crippen LogP contribution in [0, 0.1) is 10.1 Å². The van der Waals surface area contributed by atoms with E-state index in [2.05, 4.69) is 21.4 Å². The zero-order valence-electron chi connectivity index (χ0n) is 10.4. The summed E-state index contributed by atoms with van der Waals surface area (Å²) in [5, 5.41) is 11.1. The molecule has 0 fully saturated rings. The molecule has 0 amide bonds. The van der Waals surface area contributed by atoms with Crippen LogP contribution >= 0.6 is 15.9 Å². The molecule has 0 aliphatic carbocycles. The van der Waals surface area contributed by atoms with Crippen molar-refractivity contribution in [3.05, 3.63) is 62.6 Å². The maximum atomic E-state index is 11.1. The second-order valence-corrected chi connectivity index (χ2v) is 4.89. The van der Waals surface area contributed by atoms with E-state index in [1.54, 1.807) is 6.07 Å². The van der Waals surface area contributed by atoms with Gasteiger partial charge >= 0.3 is 5.69 Å². The van der Waals surface area contributed by atoms with E-state index in [9.17, 15) is 10.1 Å². The third kappa shape index (κ3) is 3.25. The summed E-state index contributed by atoms with van der Waals surface area (Å²) in [5.74, 6) is 5.44. The van der Waals surface area contributed by atoms with Gasteiger partial charge in [-0.2, -0.15) is 0 Å². The third-order valence-corrected chi connectivity index (χ3v) is 3.11. The van der Waals surface area contributed by atoms with Gasteiger partial charge in [0.15, 0.2) is 5.75 Å². The number of nitrogens with two attached hydrogens (primary N) is 1. The fourth-order valence-electron chi connectivity index (χ4n) is 1.73. The number of nitrogens with one attached hydrogen (secondary N) is 1. The van der Waals surface area contributed by atoms with Gasteiger partial charge in [-0.25, -0.2) is 0 Å². The van der Waals surface area contributed by atoms with Crippen molar-refractivity contribution in [2.75, 3.05) is 5.43 Å². The van der Waals surface area contributed by atoms with Crippen LogP contribution in [-0.4, -0.2) is 4.92 Å². The van der Waals surface area contributed by atoms with Crippen molar-refractivity contribution in [2.24, 2.45) is 5.84 Å². The number of nitrogen functional groups attached to an aromatic ring is 1. The Morgan fingerprint density at radius 3 is 2.70 bits per heavy atom. The number of nitro groups is 1. The molecule has 0 atom stereocenters. The second-order valence-electron chi connectivity index (χ2n) is 3.97. The predicted octanol–water partition coefficient (Wildman–Crippen LogP) is 3.22. The number of anilines is 1. The molecule has 0 aromatic heterocycles. The molecular weight excluding hydrogens is 326 g/mol. The molecule has 6 nitrogen and oxygen atoms in total. The Hall–Kier alpha value is -2.12. The molecule has 0 aliphatic heterocycles. The molecule has 20 heavy (non-hydrogen) atoms. The number of halogens is 1. The van der Waals surface area contributed by atoms with E-state index in [1.807, 2.05) is 24.3 Å². The Morgan fingerprint density at radius 1 is 1.30 bits per heavy atom. The fraction of sp³-hybridized carbons (Fsp3) is 0.0769. The normalized spacial score (nSPS) is 10.1. The van der Waals surface area contributed by atoms with Crippen molar-refractivity contribution < 1.29 is 9.66 Å². The zero-order valence-corrected chi connectivity index (χ0v) is 12.0. The summed E-state index contributed by atoms with van der Waals surface area (Å²) < 4.78 is 6.45. The van der Waals surface area contributed by atoms with Crippen LogP contribution in [0.1, 0.15) is 5.56 Å². The molecule has 2 aromatic rings. The highest BCUT2D eigenvalue weighted by Crippen LogP contribution is 2.34. The van der Waals surface area contributed by atoms with Crippen molar-refractivity contribution in [2.45, 2.75) is 6.61 Å². The number of nitro benzene ring substituents is 1. The Bertz CT molecular complexity index is 634. The van der Waals surface area contributed by atoms with Gasteiger partial charge in [-0.15, -0.1) is 0 Å². The molecule has 0 bridgehead atoms. The molecule has 2 rings (SSSR count). The first-order valence-electron chi connectivity index (χ1n) is 5.73. The number of nitrogens with zero attached hydrogens (tertiary/aromatic N) is 1. The molecule has 0 heterocycles. The van der Waals surface area contributed by atoms with Crippen molar-refractivity contribution in [1.29, 1.82) is 0 Å². The topological polar surface area (TPSA) is 90.4 Å². The van der Waals surface area contributed by atoms with Gasteiger partial charge in [-0.1, -0.05) is 34.1 Å². The maximum Gasteiger partial charge on any atom is 0.335 e. The predicted molar refractivity (Wildman–Crippen MR) is 79.4 cm³/mol. The molecule has 0 unspecified atom stereocenters. The minimum atomic E-state index is -0.522. The molecule has 0 saturated heterocycles. The highest BCUT2D eigenvalue weighted by molar-refractivity contribution is 9.10. The van der Waals surface area contributed by atoms with E-state index in [-0.39, 0.29) is 23.7 Å². The van der Waals surface area contributed by atoms with Gasteiger partial charge in [0.05, 0.1) is 4.92 Å². The summed E-state index contributed by atoms with van der Waals surface area (Å²) in [7, 11) is 0. The first kappa shape index (κ1) is 14.3. The average Bonchev–Trinajstić information content (AvgIpc) is 2.44. The van der Waals surface area contributed by atoms with E-state index in [0.29, 0.717) is 0 Å². The minimum absolute atomic E-state index is 0.172. The van der Waals surface area contributed by atoms with Gasteiger partial charge in [0.1, 0.15) is 12.3 Å². The first-order valence-corrected chi connectivity index (χ1v) is 6.52. The molecule has 3 N–H and O–H groups in total. The molecule has 104 valence electrons. The Kier molecular flexibility index (Phi) is 4.54. The quantitative estimate of drug-likeness (QED) is 0.496. The number of hydrogen-bond donors (Lipinski definition) is 2. The summed E-state index contributed by atoms with van der Waals surface area (Å²) in [6.07, 6.45) is 0. The van der Waals surface area contributed by atoms with Crippen LogP contribution in [0.25, 0.3) is 0 Å². The molecular formula is C13H12BrN3O3. The van der Waals surface area contributed by atoms with Crippen LogP contribution in [0.15, 0.2) is 46.9 Å². The number of ether oxygens (including phenoxy) is 1. The lowest BCUT2D eigenvalue weighted by Crippen LogP contribution is -2.10.